The minimum absolute atomic E-state index is 0.0691. The normalized spacial score (nSPS) is 24.3. The first-order chi connectivity index (χ1) is 12.0. The van der Waals surface area contributed by atoms with E-state index in [1.165, 1.54) is 0 Å². The van der Waals surface area contributed by atoms with Gasteiger partial charge in [-0.05, 0) is 50.7 Å². The maximum Gasteiger partial charge on any atom is 0.333 e. The van der Waals surface area contributed by atoms with Gasteiger partial charge in [0.2, 0.25) is 0 Å². The highest BCUT2D eigenvalue weighted by atomic mass is 16.7. The molecule has 0 N–H and O–H groups in total. The molecule has 0 saturated heterocycles. The van der Waals surface area contributed by atoms with Crippen LogP contribution in [0.15, 0.2) is 24.3 Å². The molecule has 3 rings (SSSR count). The number of nitrogens with zero attached hydrogens (tertiary/aromatic N) is 1. The number of hydrogen-bond acceptors (Lipinski definition) is 5. The number of fused-ring (bicyclic) bond motifs is 1. The van der Waals surface area contributed by atoms with Crippen molar-refractivity contribution in [3.8, 4) is 0 Å². The first kappa shape index (κ1) is 18.6. The zero-order valence-electron chi connectivity index (χ0n) is 15.9. The summed E-state index contributed by atoms with van der Waals surface area (Å²) >= 11 is 0. The van der Waals surface area contributed by atoms with Crippen LogP contribution in [0.1, 0.15) is 68.2 Å². The molecule has 0 spiro atoms. The van der Waals surface area contributed by atoms with Crippen LogP contribution in [0.4, 0.5) is 0 Å². The number of ether oxygens (including phenoxy) is 1. The topological polar surface area (TPSA) is 72.9 Å². The van der Waals surface area contributed by atoms with E-state index < -0.39 is 17.8 Å². The second-order valence-electron chi connectivity index (χ2n) is 8.59. The van der Waals surface area contributed by atoms with Gasteiger partial charge in [0.15, 0.2) is 0 Å². The van der Waals surface area contributed by atoms with Crippen molar-refractivity contribution in [2.24, 2.45) is 11.3 Å². The summed E-state index contributed by atoms with van der Waals surface area (Å²) < 4.78 is 6.04. The van der Waals surface area contributed by atoms with Gasteiger partial charge in [-0.2, -0.15) is 0 Å². The maximum atomic E-state index is 12.3. The Morgan fingerprint density at radius 3 is 2.15 bits per heavy atom. The minimum atomic E-state index is -0.597. The summed E-state index contributed by atoms with van der Waals surface area (Å²) in [4.78, 5) is 41.9. The van der Waals surface area contributed by atoms with Gasteiger partial charge in [0, 0.05) is 0 Å². The lowest BCUT2D eigenvalue weighted by Gasteiger charge is -2.53. The molecule has 1 aromatic carbocycles. The highest BCUT2D eigenvalue weighted by molar-refractivity contribution is 6.20. The standard InChI is InChI=1S/C20H25NO5/c1-19(2,3)25-15-10-12(20(15,4)5)11-16(22)26-21-17(23)13-8-6-7-9-14(13)18(21)24/h6-9,12,15H,10-11H2,1-5H3. The zero-order valence-corrected chi connectivity index (χ0v) is 15.9. The largest absolute Gasteiger partial charge is 0.372 e. The van der Waals surface area contributed by atoms with Crippen molar-refractivity contribution in [3.63, 3.8) is 0 Å². The van der Waals surface area contributed by atoms with E-state index in [4.69, 9.17) is 9.57 Å². The molecule has 1 aliphatic heterocycles. The molecule has 1 saturated carbocycles. The van der Waals surface area contributed by atoms with E-state index in [9.17, 15) is 14.4 Å². The lowest BCUT2D eigenvalue weighted by molar-refractivity contribution is -0.200. The molecule has 140 valence electrons. The molecule has 0 aromatic heterocycles. The van der Waals surface area contributed by atoms with Crippen LogP contribution in [0.2, 0.25) is 0 Å². The molecule has 6 nitrogen and oxygen atoms in total. The van der Waals surface area contributed by atoms with Gasteiger partial charge in [-0.1, -0.05) is 31.0 Å². The summed E-state index contributed by atoms with van der Waals surface area (Å²) in [5.41, 5.74) is 0.0998. The number of imide groups is 1. The fourth-order valence-electron chi connectivity index (χ4n) is 3.53. The molecule has 2 unspecified atom stereocenters. The number of carbonyl (C=O) groups is 3. The summed E-state index contributed by atoms with van der Waals surface area (Å²) in [5.74, 6) is -1.69. The van der Waals surface area contributed by atoms with Crippen LogP contribution < -0.4 is 0 Å². The quantitative estimate of drug-likeness (QED) is 0.771. The fourth-order valence-corrected chi connectivity index (χ4v) is 3.53. The van der Waals surface area contributed by atoms with Crippen molar-refractivity contribution < 1.29 is 24.0 Å². The molecule has 1 aromatic rings. The minimum Gasteiger partial charge on any atom is -0.372 e. The SMILES string of the molecule is CC(C)(C)OC1CC(CC(=O)ON2C(=O)c3ccccc3C2=O)C1(C)C. The highest BCUT2D eigenvalue weighted by Crippen LogP contribution is 2.51. The molecule has 0 radical (unpaired) electrons. The van der Waals surface area contributed by atoms with E-state index in [2.05, 4.69) is 13.8 Å². The second kappa shape index (κ2) is 6.20. The van der Waals surface area contributed by atoms with Crippen molar-refractivity contribution in [2.75, 3.05) is 0 Å². The van der Waals surface area contributed by atoms with Gasteiger partial charge >= 0.3 is 5.97 Å². The van der Waals surface area contributed by atoms with E-state index in [1.807, 2.05) is 20.8 Å². The Morgan fingerprint density at radius 1 is 1.15 bits per heavy atom. The van der Waals surface area contributed by atoms with Crippen LogP contribution in [0.5, 0.6) is 0 Å². The molecule has 2 atom stereocenters. The molecule has 2 amide bonds. The van der Waals surface area contributed by atoms with E-state index in [-0.39, 0.29) is 40.6 Å². The second-order valence-corrected chi connectivity index (χ2v) is 8.59. The van der Waals surface area contributed by atoms with Crippen LogP contribution in [-0.2, 0) is 14.4 Å². The van der Waals surface area contributed by atoms with Crippen LogP contribution >= 0.6 is 0 Å². The molecular formula is C20H25NO5. The maximum absolute atomic E-state index is 12.3. The smallest absolute Gasteiger partial charge is 0.333 e. The fraction of sp³-hybridized carbons (Fsp3) is 0.550. The molecular weight excluding hydrogens is 334 g/mol. The predicted octanol–water partition coefficient (Wildman–Crippen LogP) is 3.36. The van der Waals surface area contributed by atoms with Crippen molar-refractivity contribution in [1.82, 2.24) is 5.06 Å². The van der Waals surface area contributed by atoms with Gasteiger partial charge in [0.05, 0.1) is 29.3 Å². The van der Waals surface area contributed by atoms with Gasteiger partial charge in [-0.15, -0.1) is 0 Å². The summed E-state index contributed by atoms with van der Waals surface area (Å²) in [6, 6.07) is 6.43. The number of benzene rings is 1. The Labute approximate surface area is 153 Å². The van der Waals surface area contributed by atoms with Crippen molar-refractivity contribution in [1.29, 1.82) is 0 Å². The van der Waals surface area contributed by atoms with Gasteiger partial charge in [-0.25, -0.2) is 4.79 Å². The predicted molar refractivity (Wildman–Crippen MR) is 94.2 cm³/mol. The van der Waals surface area contributed by atoms with Crippen molar-refractivity contribution >= 4 is 17.8 Å². The van der Waals surface area contributed by atoms with Crippen LogP contribution in [-0.4, -0.2) is 34.6 Å². The molecule has 0 bridgehead atoms. The molecule has 2 aliphatic rings. The summed E-state index contributed by atoms with van der Waals surface area (Å²) in [6.45, 7) is 10.1. The molecule has 26 heavy (non-hydrogen) atoms. The molecule has 6 heteroatoms. The number of carbonyl (C=O) groups excluding carboxylic acids is 3. The highest BCUT2D eigenvalue weighted by Gasteiger charge is 2.51. The van der Waals surface area contributed by atoms with Gasteiger partial charge in [0.25, 0.3) is 11.8 Å². The summed E-state index contributed by atoms with van der Waals surface area (Å²) in [5, 5.41) is 0.571. The summed E-state index contributed by atoms with van der Waals surface area (Å²) in [6.07, 6.45) is 0.964. The lowest BCUT2D eigenvalue weighted by atomic mass is 9.58. The van der Waals surface area contributed by atoms with E-state index in [0.717, 1.165) is 6.42 Å². The average Bonchev–Trinajstić information content (AvgIpc) is 2.78. The van der Waals surface area contributed by atoms with Crippen LogP contribution in [0.25, 0.3) is 0 Å². The number of rotatable bonds is 4. The third kappa shape index (κ3) is 3.26. The van der Waals surface area contributed by atoms with Gasteiger partial charge < -0.3 is 9.57 Å². The van der Waals surface area contributed by atoms with Gasteiger partial charge in [-0.3, -0.25) is 9.59 Å². The zero-order chi connectivity index (χ0) is 19.3. The first-order valence-electron chi connectivity index (χ1n) is 8.87. The molecule has 1 aliphatic carbocycles. The van der Waals surface area contributed by atoms with E-state index >= 15 is 0 Å². The Bertz CT molecular complexity index is 727. The number of amides is 2. The Kier molecular flexibility index (Phi) is 4.43. The third-order valence-corrected chi connectivity index (χ3v) is 5.24. The van der Waals surface area contributed by atoms with E-state index in [0.29, 0.717) is 5.06 Å². The molecule has 1 heterocycles. The molecule has 1 fully saturated rings. The van der Waals surface area contributed by atoms with Gasteiger partial charge in [0.1, 0.15) is 0 Å². The van der Waals surface area contributed by atoms with Crippen molar-refractivity contribution in [3.05, 3.63) is 35.4 Å². The Balaban J connectivity index is 1.59. The first-order valence-corrected chi connectivity index (χ1v) is 8.87. The van der Waals surface area contributed by atoms with Crippen LogP contribution in [0, 0.1) is 11.3 Å². The van der Waals surface area contributed by atoms with E-state index in [1.54, 1.807) is 24.3 Å². The Morgan fingerprint density at radius 2 is 1.69 bits per heavy atom. The van der Waals surface area contributed by atoms with Crippen molar-refractivity contribution in [2.45, 2.75) is 59.2 Å². The van der Waals surface area contributed by atoms with Crippen LogP contribution in [0.3, 0.4) is 0 Å². The number of hydroxylamine groups is 2. The third-order valence-electron chi connectivity index (χ3n) is 5.24. The average molecular weight is 359 g/mol. The lowest BCUT2D eigenvalue weighted by Crippen LogP contribution is -2.54. The Hall–Kier alpha value is -2.21. The number of hydrogen-bond donors (Lipinski definition) is 0. The summed E-state index contributed by atoms with van der Waals surface area (Å²) in [7, 11) is 0. The monoisotopic (exact) mass is 359 g/mol.